The quantitative estimate of drug-likeness (QED) is 0.589. The molecule has 0 bridgehead atoms. The topological polar surface area (TPSA) is 26.3 Å². The van der Waals surface area contributed by atoms with Gasteiger partial charge in [-0.2, -0.15) is 0 Å². The van der Waals surface area contributed by atoms with Gasteiger partial charge in [-0.3, -0.25) is 0 Å². The van der Waals surface area contributed by atoms with E-state index in [2.05, 4.69) is 15.9 Å². The van der Waals surface area contributed by atoms with E-state index in [0.717, 1.165) is 15.6 Å². The van der Waals surface area contributed by atoms with Gasteiger partial charge in [0.05, 0.1) is 5.57 Å². The van der Waals surface area contributed by atoms with E-state index in [1.165, 1.54) is 12.1 Å². The highest BCUT2D eigenvalue weighted by molar-refractivity contribution is 9.10. The molecule has 104 valence electrons. The molecule has 2 aromatic carbocycles. The molecule has 0 radical (unpaired) electrons. The number of halogens is 2. The minimum absolute atomic E-state index is 0.308. The van der Waals surface area contributed by atoms with Gasteiger partial charge in [-0.15, -0.1) is 0 Å². The molecule has 1 heterocycles. The largest absolute Gasteiger partial charge is 0.422 e. The van der Waals surface area contributed by atoms with Crippen LogP contribution in [0.4, 0.5) is 4.39 Å². The van der Waals surface area contributed by atoms with Crippen molar-refractivity contribution in [2.45, 2.75) is 0 Å². The second-order valence-electron chi connectivity index (χ2n) is 4.56. The van der Waals surface area contributed by atoms with Gasteiger partial charge in [0, 0.05) is 10.0 Å². The Morgan fingerprint density at radius 3 is 2.33 bits per heavy atom. The van der Waals surface area contributed by atoms with Crippen molar-refractivity contribution < 1.29 is 13.9 Å². The number of rotatable bonds is 2. The van der Waals surface area contributed by atoms with Gasteiger partial charge in [0.15, 0.2) is 0 Å². The normalized spacial score (nSPS) is 16.0. The van der Waals surface area contributed by atoms with E-state index in [4.69, 9.17) is 4.74 Å². The van der Waals surface area contributed by atoms with Crippen LogP contribution in [0.15, 0.2) is 64.7 Å². The van der Waals surface area contributed by atoms with Gasteiger partial charge in [-0.1, -0.05) is 40.2 Å². The zero-order chi connectivity index (χ0) is 14.8. The Hall–Kier alpha value is -2.20. The Morgan fingerprint density at radius 1 is 1.00 bits per heavy atom. The smallest absolute Gasteiger partial charge is 0.343 e. The molecule has 1 aliphatic rings. The van der Waals surface area contributed by atoms with Crippen molar-refractivity contribution in [3.8, 4) is 0 Å². The summed E-state index contributed by atoms with van der Waals surface area (Å²) in [6, 6.07) is 13.4. The van der Waals surface area contributed by atoms with Crippen LogP contribution in [0.25, 0.3) is 11.8 Å². The first-order valence-electron chi connectivity index (χ1n) is 6.29. The summed E-state index contributed by atoms with van der Waals surface area (Å²) >= 11 is 3.36. The first kappa shape index (κ1) is 13.8. The summed E-state index contributed by atoms with van der Waals surface area (Å²) in [7, 11) is 0. The molecule has 3 rings (SSSR count). The van der Waals surface area contributed by atoms with Gasteiger partial charge in [-0.25, -0.2) is 9.18 Å². The van der Waals surface area contributed by atoms with Crippen LogP contribution >= 0.6 is 15.9 Å². The van der Waals surface area contributed by atoms with Gasteiger partial charge < -0.3 is 4.74 Å². The van der Waals surface area contributed by atoms with Crippen LogP contribution in [0.1, 0.15) is 11.1 Å². The average Bonchev–Trinajstić information content (AvgIpc) is 2.83. The second-order valence-corrected chi connectivity index (χ2v) is 5.47. The van der Waals surface area contributed by atoms with E-state index in [9.17, 15) is 9.18 Å². The highest BCUT2D eigenvalue weighted by Crippen LogP contribution is 2.28. The predicted octanol–water partition coefficient (Wildman–Crippen LogP) is 4.57. The molecular formula is C17H10BrFO2. The molecule has 0 fully saturated rings. The number of hydrogen-bond acceptors (Lipinski definition) is 2. The fraction of sp³-hybridized carbons (Fsp3) is 0. The van der Waals surface area contributed by atoms with E-state index >= 15 is 0 Å². The Morgan fingerprint density at radius 2 is 1.67 bits per heavy atom. The van der Waals surface area contributed by atoms with E-state index in [1.54, 1.807) is 24.3 Å². The predicted molar refractivity (Wildman–Crippen MR) is 82.6 cm³/mol. The molecule has 0 saturated carbocycles. The van der Waals surface area contributed by atoms with Crippen LogP contribution < -0.4 is 0 Å². The second kappa shape index (κ2) is 5.66. The van der Waals surface area contributed by atoms with Gasteiger partial charge in [-0.05, 0) is 42.0 Å². The number of cyclic esters (lactones) is 1. The summed E-state index contributed by atoms with van der Waals surface area (Å²) in [5, 5.41) is 0. The van der Waals surface area contributed by atoms with Gasteiger partial charge in [0.25, 0.3) is 0 Å². The molecule has 0 spiro atoms. The molecule has 1 aliphatic heterocycles. The van der Waals surface area contributed by atoms with Crippen LogP contribution in [0.2, 0.25) is 0 Å². The van der Waals surface area contributed by atoms with Crippen LogP contribution in [0.3, 0.4) is 0 Å². The molecular weight excluding hydrogens is 335 g/mol. The minimum atomic E-state index is -0.405. The highest BCUT2D eigenvalue weighted by atomic mass is 79.9. The van der Waals surface area contributed by atoms with Gasteiger partial charge >= 0.3 is 5.97 Å². The molecule has 0 atom stereocenters. The Kier molecular flexibility index (Phi) is 3.71. The van der Waals surface area contributed by atoms with Crippen molar-refractivity contribution in [1.82, 2.24) is 0 Å². The number of hydrogen-bond donors (Lipinski definition) is 0. The number of ether oxygens (including phenoxy) is 1. The fourth-order valence-electron chi connectivity index (χ4n) is 1.98. The van der Waals surface area contributed by atoms with Crippen LogP contribution in [-0.4, -0.2) is 5.97 Å². The average molecular weight is 345 g/mol. The molecule has 0 aromatic heterocycles. The lowest BCUT2D eigenvalue weighted by Crippen LogP contribution is -1.97. The summed E-state index contributed by atoms with van der Waals surface area (Å²) in [5.74, 6) is -0.199. The maximum absolute atomic E-state index is 12.9. The number of benzene rings is 2. The van der Waals surface area contributed by atoms with Crippen molar-refractivity contribution in [2.75, 3.05) is 0 Å². The maximum Gasteiger partial charge on any atom is 0.343 e. The zero-order valence-electron chi connectivity index (χ0n) is 10.8. The molecule has 2 aromatic rings. The summed E-state index contributed by atoms with van der Waals surface area (Å²) < 4.78 is 19.1. The Labute approximate surface area is 129 Å². The third-order valence-corrected chi connectivity index (χ3v) is 3.57. The molecule has 21 heavy (non-hydrogen) atoms. The molecule has 0 unspecified atom stereocenters. The standard InChI is InChI=1S/C17H10BrFO2/c18-14-5-3-12(4-6-14)16-10-13(17(20)21-16)9-11-1-7-15(19)8-2-11/h1-10H/b13-9+. The SMILES string of the molecule is O=C1OC(c2ccc(Br)cc2)=C/C1=C\c1ccc(F)cc1. The number of carbonyl (C=O) groups is 1. The monoisotopic (exact) mass is 344 g/mol. The van der Waals surface area contributed by atoms with E-state index in [0.29, 0.717) is 11.3 Å². The third kappa shape index (κ3) is 3.11. The van der Waals surface area contributed by atoms with Crippen molar-refractivity contribution in [3.63, 3.8) is 0 Å². The van der Waals surface area contributed by atoms with Gasteiger partial charge in [0.1, 0.15) is 11.6 Å². The molecule has 0 N–H and O–H groups in total. The molecule has 0 amide bonds. The van der Waals surface area contributed by atoms with Crippen molar-refractivity contribution in [1.29, 1.82) is 0 Å². The van der Waals surface area contributed by atoms with Crippen LogP contribution in [-0.2, 0) is 9.53 Å². The number of esters is 1. The van der Waals surface area contributed by atoms with Crippen molar-refractivity contribution >= 4 is 33.7 Å². The maximum atomic E-state index is 12.9. The lowest BCUT2D eigenvalue weighted by atomic mass is 10.1. The minimum Gasteiger partial charge on any atom is -0.422 e. The lowest BCUT2D eigenvalue weighted by molar-refractivity contribution is -0.130. The van der Waals surface area contributed by atoms with Crippen LogP contribution in [0, 0.1) is 5.82 Å². The van der Waals surface area contributed by atoms with Gasteiger partial charge in [0.2, 0.25) is 0 Å². The van der Waals surface area contributed by atoms with E-state index in [1.807, 2.05) is 24.3 Å². The zero-order valence-corrected chi connectivity index (χ0v) is 12.4. The Bertz CT molecular complexity index is 743. The molecule has 0 aliphatic carbocycles. The van der Waals surface area contributed by atoms with Crippen LogP contribution in [0.5, 0.6) is 0 Å². The van der Waals surface area contributed by atoms with E-state index in [-0.39, 0.29) is 5.82 Å². The van der Waals surface area contributed by atoms with Crippen molar-refractivity contribution in [3.05, 3.63) is 81.6 Å². The highest BCUT2D eigenvalue weighted by Gasteiger charge is 2.21. The van der Waals surface area contributed by atoms with Crippen molar-refractivity contribution in [2.24, 2.45) is 0 Å². The number of carbonyl (C=O) groups excluding carboxylic acids is 1. The Balaban J connectivity index is 1.91. The first-order chi connectivity index (χ1) is 10.1. The third-order valence-electron chi connectivity index (χ3n) is 3.05. The summed E-state index contributed by atoms with van der Waals surface area (Å²) in [4.78, 5) is 11.9. The summed E-state index contributed by atoms with van der Waals surface area (Å²) in [5.41, 5.74) is 2.02. The molecule has 4 heteroatoms. The molecule has 0 saturated heterocycles. The summed E-state index contributed by atoms with van der Waals surface area (Å²) in [6.07, 6.45) is 3.36. The lowest BCUT2D eigenvalue weighted by Gasteiger charge is -2.01. The van der Waals surface area contributed by atoms with E-state index < -0.39 is 5.97 Å². The summed E-state index contributed by atoms with van der Waals surface area (Å²) in [6.45, 7) is 0. The first-order valence-corrected chi connectivity index (χ1v) is 7.08. The fourth-order valence-corrected chi connectivity index (χ4v) is 2.25. The molecule has 2 nitrogen and oxygen atoms in total.